The fourth-order valence-corrected chi connectivity index (χ4v) is 3.96. The van der Waals surface area contributed by atoms with Crippen LogP contribution in [0.5, 0.6) is 0 Å². The largest absolute Gasteiger partial charge is 0.468 e. The lowest BCUT2D eigenvalue weighted by Gasteiger charge is -2.24. The van der Waals surface area contributed by atoms with Crippen molar-refractivity contribution in [2.75, 3.05) is 6.54 Å². The molecule has 0 bridgehead atoms. The van der Waals surface area contributed by atoms with E-state index in [1.807, 2.05) is 43.7 Å². The highest BCUT2D eigenvalue weighted by Crippen LogP contribution is 2.24. The molecule has 0 radical (unpaired) electrons. The van der Waals surface area contributed by atoms with E-state index in [-0.39, 0.29) is 5.82 Å². The van der Waals surface area contributed by atoms with Gasteiger partial charge in [-0.2, -0.15) is 5.10 Å². The average Bonchev–Trinajstić information content (AvgIpc) is 3.37. The van der Waals surface area contributed by atoms with Crippen LogP contribution in [0.25, 0.3) is 10.9 Å². The molecule has 158 valence electrons. The molecule has 4 rings (SSSR count). The number of aromatic nitrogens is 3. The Kier molecular flexibility index (Phi) is 5.74. The van der Waals surface area contributed by atoms with Crippen molar-refractivity contribution in [3.05, 3.63) is 76.9 Å². The third-order valence-electron chi connectivity index (χ3n) is 5.42. The molecule has 0 spiro atoms. The zero-order chi connectivity index (χ0) is 21.3. The quantitative estimate of drug-likeness (QED) is 0.459. The van der Waals surface area contributed by atoms with Crippen molar-refractivity contribution in [1.29, 1.82) is 0 Å². The number of aliphatic hydroxyl groups is 1. The number of fused-ring (bicyclic) bond motifs is 1. The molecule has 3 heterocycles. The van der Waals surface area contributed by atoms with Crippen molar-refractivity contribution < 1.29 is 13.9 Å². The Morgan fingerprint density at radius 3 is 2.73 bits per heavy atom. The molecule has 0 fully saturated rings. The highest BCUT2D eigenvalue weighted by atomic mass is 19.1. The zero-order valence-corrected chi connectivity index (χ0v) is 17.5. The van der Waals surface area contributed by atoms with Gasteiger partial charge in [-0.3, -0.25) is 9.58 Å². The summed E-state index contributed by atoms with van der Waals surface area (Å²) in [6.07, 6.45) is 1.05. The van der Waals surface area contributed by atoms with Gasteiger partial charge in [0.2, 0.25) is 0 Å². The standard InChI is InChI=1S/C23H27FN4O2/c1-15-9-16(2)28(26-15)12-19(29)11-27(13-20-5-4-8-30-20)14-23-17(3)21-10-18(24)6-7-22(21)25-23/h4-10,19,25,29H,11-14H2,1-3H3/t19-/m1/s1. The predicted octanol–water partition coefficient (Wildman–Crippen LogP) is 4.09. The fraction of sp³-hybridized carbons (Fsp3) is 0.348. The number of aliphatic hydroxyl groups excluding tert-OH is 1. The third kappa shape index (κ3) is 4.47. The van der Waals surface area contributed by atoms with Gasteiger partial charge in [-0.15, -0.1) is 0 Å². The van der Waals surface area contributed by atoms with Crippen LogP contribution in [0.2, 0.25) is 0 Å². The first-order chi connectivity index (χ1) is 14.4. The second-order valence-corrected chi connectivity index (χ2v) is 7.93. The summed E-state index contributed by atoms with van der Waals surface area (Å²) in [5, 5.41) is 16.1. The summed E-state index contributed by atoms with van der Waals surface area (Å²) < 4.78 is 21.0. The number of hydrogen-bond acceptors (Lipinski definition) is 4. The Hall–Kier alpha value is -2.90. The molecule has 1 aromatic carbocycles. The molecule has 7 heteroatoms. The zero-order valence-electron chi connectivity index (χ0n) is 17.5. The predicted molar refractivity (Wildman–Crippen MR) is 114 cm³/mol. The number of benzene rings is 1. The van der Waals surface area contributed by atoms with Crippen molar-refractivity contribution in [3.63, 3.8) is 0 Å². The highest BCUT2D eigenvalue weighted by Gasteiger charge is 2.18. The number of furan rings is 1. The number of H-pyrrole nitrogens is 1. The van der Waals surface area contributed by atoms with Gasteiger partial charge < -0.3 is 14.5 Å². The summed E-state index contributed by atoms with van der Waals surface area (Å²) in [6, 6.07) is 10.6. The van der Waals surface area contributed by atoms with Crippen molar-refractivity contribution in [1.82, 2.24) is 19.7 Å². The van der Waals surface area contributed by atoms with E-state index in [1.165, 1.54) is 6.07 Å². The molecule has 0 saturated carbocycles. The number of hydrogen-bond donors (Lipinski definition) is 2. The van der Waals surface area contributed by atoms with E-state index in [4.69, 9.17) is 4.42 Å². The first kappa shape index (κ1) is 20.4. The van der Waals surface area contributed by atoms with Gasteiger partial charge in [0.15, 0.2) is 0 Å². The van der Waals surface area contributed by atoms with Gasteiger partial charge in [0.25, 0.3) is 0 Å². The molecule has 0 saturated heterocycles. The summed E-state index contributed by atoms with van der Waals surface area (Å²) in [6.45, 7) is 7.93. The number of nitrogens with one attached hydrogen (secondary N) is 1. The van der Waals surface area contributed by atoms with Crippen LogP contribution in [0.4, 0.5) is 4.39 Å². The second kappa shape index (κ2) is 8.45. The van der Waals surface area contributed by atoms with E-state index < -0.39 is 6.10 Å². The summed E-state index contributed by atoms with van der Waals surface area (Å²) in [5.41, 5.74) is 4.89. The lowest BCUT2D eigenvalue weighted by molar-refractivity contribution is 0.0833. The van der Waals surface area contributed by atoms with E-state index in [0.29, 0.717) is 26.2 Å². The number of rotatable bonds is 8. The molecule has 0 unspecified atom stereocenters. The molecular weight excluding hydrogens is 383 g/mol. The van der Waals surface area contributed by atoms with Crippen molar-refractivity contribution >= 4 is 10.9 Å². The third-order valence-corrected chi connectivity index (χ3v) is 5.42. The molecule has 0 amide bonds. The maximum absolute atomic E-state index is 13.7. The minimum atomic E-state index is -0.597. The van der Waals surface area contributed by atoms with Crippen LogP contribution in [-0.4, -0.2) is 37.4 Å². The molecule has 30 heavy (non-hydrogen) atoms. The van der Waals surface area contributed by atoms with E-state index >= 15 is 0 Å². The normalized spacial score (nSPS) is 12.9. The van der Waals surface area contributed by atoms with Gasteiger partial charge in [-0.25, -0.2) is 4.39 Å². The summed E-state index contributed by atoms with van der Waals surface area (Å²) in [5.74, 6) is 0.581. The molecule has 6 nitrogen and oxygen atoms in total. The van der Waals surface area contributed by atoms with Crippen molar-refractivity contribution in [2.24, 2.45) is 0 Å². The van der Waals surface area contributed by atoms with Gasteiger partial charge in [-0.05, 0) is 62.7 Å². The van der Waals surface area contributed by atoms with Crippen LogP contribution < -0.4 is 0 Å². The Balaban J connectivity index is 1.54. The Morgan fingerprint density at radius 2 is 2.03 bits per heavy atom. The summed E-state index contributed by atoms with van der Waals surface area (Å²) in [7, 11) is 0. The van der Waals surface area contributed by atoms with Crippen LogP contribution in [-0.2, 0) is 19.6 Å². The van der Waals surface area contributed by atoms with E-state index in [9.17, 15) is 9.50 Å². The van der Waals surface area contributed by atoms with Crippen molar-refractivity contribution in [3.8, 4) is 0 Å². The summed E-state index contributed by atoms with van der Waals surface area (Å²) in [4.78, 5) is 5.53. The van der Waals surface area contributed by atoms with Gasteiger partial charge in [-0.1, -0.05) is 0 Å². The minimum absolute atomic E-state index is 0.246. The van der Waals surface area contributed by atoms with Crippen LogP contribution >= 0.6 is 0 Å². The summed E-state index contributed by atoms with van der Waals surface area (Å²) >= 11 is 0. The Bertz CT molecular complexity index is 1130. The number of halogens is 1. The molecule has 0 aliphatic heterocycles. The van der Waals surface area contributed by atoms with Crippen LogP contribution in [0.3, 0.4) is 0 Å². The first-order valence-corrected chi connectivity index (χ1v) is 10.1. The fourth-order valence-electron chi connectivity index (χ4n) is 3.96. The lowest BCUT2D eigenvalue weighted by Crippen LogP contribution is -2.34. The maximum atomic E-state index is 13.7. The van der Waals surface area contributed by atoms with Crippen LogP contribution in [0, 0.1) is 26.6 Å². The lowest BCUT2D eigenvalue weighted by atomic mass is 10.1. The smallest absolute Gasteiger partial charge is 0.123 e. The molecule has 1 atom stereocenters. The van der Waals surface area contributed by atoms with Crippen molar-refractivity contribution in [2.45, 2.75) is 46.5 Å². The molecule has 0 aliphatic carbocycles. The number of aromatic amines is 1. The van der Waals surface area contributed by atoms with E-state index in [2.05, 4.69) is 15.0 Å². The monoisotopic (exact) mass is 410 g/mol. The Morgan fingerprint density at radius 1 is 1.20 bits per heavy atom. The SMILES string of the molecule is Cc1cc(C)n(C[C@H](O)CN(Cc2ccco2)Cc2[nH]c3ccc(F)cc3c2C)n1. The molecule has 3 aromatic heterocycles. The van der Waals surface area contributed by atoms with E-state index in [0.717, 1.165) is 39.3 Å². The molecule has 2 N–H and O–H groups in total. The average molecular weight is 410 g/mol. The molecular formula is C23H27FN4O2. The van der Waals surface area contributed by atoms with E-state index in [1.54, 1.807) is 18.4 Å². The molecule has 0 aliphatic rings. The molecule has 4 aromatic rings. The Labute approximate surface area is 174 Å². The topological polar surface area (TPSA) is 70.2 Å². The van der Waals surface area contributed by atoms with Gasteiger partial charge in [0.1, 0.15) is 11.6 Å². The van der Waals surface area contributed by atoms with Crippen LogP contribution in [0.15, 0.2) is 47.1 Å². The first-order valence-electron chi connectivity index (χ1n) is 10.1. The number of aryl methyl sites for hydroxylation is 3. The van der Waals surface area contributed by atoms with Gasteiger partial charge >= 0.3 is 0 Å². The highest BCUT2D eigenvalue weighted by molar-refractivity contribution is 5.84. The van der Waals surface area contributed by atoms with Crippen LogP contribution in [0.1, 0.15) is 28.4 Å². The maximum Gasteiger partial charge on any atom is 0.123 e. The number of nitrogens with zero attached hydrogens (tertiary/aromatic N) is 3. The second-order valence-electron chi connectivity index (χ2n) is 7.93. The van der Waals surface area contributed by atoms with Gasteiger partial charge in [0, 0.05) is 35.4 Å². The van der Waals surface area contributed by atoms with Gasteiger partial charge in [0.05, 0.1) is 31.2 Å². The minimum Gasteiger partial charge on any atom is -0.468 e.